The van der Waals surface area contributed by atoms with Crippen LogP contribution in [-0.2, 0) is 4.57 Å². The third kappa shape index (κ3) is 151. The van der Waals surface area contributed by atoms with E-state index in [-0.39, 0.29) is 73.6 Å². The molecular weight excluding hydrogens is 193 g/mol. The van der Waals surface area contributed by atoms with Gasteiger partial charge in [-0.05, 0) is 0 Å². The van der Waals surface area contributed by atoms with Crippen LogP contribution >= 0.6 is 17.7 Å². The minimum Gasteiger partial charge on any atom is -0.756 e. The topological polar surface area (TPSA) is 151 Å². The molecule has 0 radical (unpaired) electrons. The molecule has 56 valence electrons. The predicted molar refractivity (Wildman–Crippen MR) is 33.2 cm³/mol. The van der Waals surface area contributed by atoms with E-state index >= 15 is 0 Å². The van der Waals surface area contributed by atoms with Crippen molar-refractivity contribution in [1.82, 2.24) is 12.3 Å². The summed E-state index contributed by atoms with van der Waals surface area (Å²) in [5.74, 6) is 0. The zero-order valence-electron chi connectivity index (χ0n) is 5.28. The normalized spacial score (nSPS) is 6.56. The predicted octanol–water partition coefficient (Wildman–Crippen LogP) is -4.17. The molecule has 1 atom stereocenters. The monoisotopic (exact) mass is 204 g/mol. The van der Waals surface area contributed by atoms with Crippen LogP contribution in [0.25, 0.3) is 0 Å². The third-order valence-corrected chi connectivity index (χ3v) is 0. The van der Waals surface area contributed by atoms with Gasteiger partial charge in [-0.25, -0.2) is 0 Å². The van der Waals surface area contributed by atoms with Gasteiger partial charge in [-0.3, -0.25) is 4.57 Å². The van der Waals surface area contributed by atoms with Gasteiger partial charge in [0.2, 0.25) is 0 Å². The first-order valence-corrected chi connectivity index (χ1v) is 2.30. The Labute approximate surface area is 99.3 Å². The largest absolute Gasteiger partial charge is 1.00 e. The van der Waals surface area contributed by atoms with Gasteiger partial charge >= 0.3 is 51.4 Å². The first-order valence-electron chi connectivity index (χ1n) is 0.765. The molecule has 0 fully saturated rings. The maximum absolute atomic E-state index is 8.77. The van der Waals surface area contributed by atoms with E-state index in [4.69, 9.17) is 19.2 Å². The van der Waals surface area contributed by atoms with Crippen molar-refractivity contribution in [3.05, 3.63) is 0 Å². The molecule has 1 unspecified atom stereocenters. The van der Waals surface area contributed by atoms with Crippen LogP contribution in [0.3, 0.4) is 0 Å². The maximum atomic E-state index is 8.77. The van der Waals surface area contributed by atoms with Crippen LogP contribution in [0.5, 0.6) is 0 Å². The summed E-state index contributed by atoms with van der Waals surface area (Å²) in [4.78, 5) is 22.9. The number of rotatable bonds is 0. The molecule has 0 aliphatic rings. The second kappa shape index (κ2) is 12.7. The van der Waals surface area contributed by atoms with Gasteiger partial charge in [0.05, 0.1) is 0 Å². The minimum absolute atomic E-state index is 0. The summed E-state index contributed by atoms with van der Waals surface area (Å²) < 4.78 is 8.77. The molecule has 6 nitrogen and oxygen atoms in total. The number of hydrogen-bond acceptors (Lipinski definition) is 4. The maximum Gasteiger partial charge on any atom is 1.00 e. The molecule has 9 heavy (non-hydrogen) atoms. The molecule has 0 aromatic rings. The molecule has 9 heteroatoms. The zero-order valence-corrected chi connectivity index (χ0v) is 10.7. The van der Waals surface area contributed by atoms with Crippen LogP contribution in [-0.4, -0.2) is 9.79 Å². The van der Waals surface area contributed by atoms with E-state index < -0.39 is 7.82 Å². The second-order valence-corrected chi connectivity index (χ2v) is 1.47. The summed E-state index contributed by atoms with van der Waals surface area (Å²) in [5.41, 5.74) is 0. The molecule has 0 spiro atoms. The molecule has 0 rings (SSSR count). The van der Waals surface area contributed by atoms with Gasteiger partial charge in [-0.1, -0.05) is 0 Å². The van der Waals surface area contributed by atoms with Crippen LogP contribution in [0, 0.1) is 0 Å². The Balaban J connectivity index is -0.0000000133. The number of hydrogen-bond donors (Lipinski definition) is 4. The summed E-state index contributed by atoms with van der Waals surface area (Å²) in [6.07, 6.45) is 0. The van der Waals surface area contributed by atoms with Crippen molar-refractivity contribution >= 4 is 17.7 Å². The molecule has 0 amide bonds. The van der Waals surface area contributed by atoms with Gasteiger partial charge in [0, 0.05) is 0 Å². The molecule has 0 bridgehead atoms. The van der Waals surface area contributed by atoms with Crippen molar-refractivity contribution in [2.45, 2.75) is 0 Å². The average Bonchev–Trinajstić information content (AvgIpc) is 0.722. The second-order valence-electron chi connectivity index (χ2n) is 0.491. The Bertz CT molecular complexity index is 62.7. The molecule has 0 saturated carbocycles. The van der Waals surface area contributed by atoms with Gasteiger partial charge in [0.25, 0.3) is 7.82 Å². The summed E-state index contributed by atoms with van der Waals surface area (Å²) in [6, 6.07) is 0. The first kappa shape index (κ1) is 30.4. The van der Waals surface area contributed by atoms with E-state index in [0.29, 0.717) is 0 Å². The fourth-order valence-electron chi connectivity index (χ4n) is 0. The minimum atomic E-state index is -4.89. The van der Waals surface area contributed by atoms with E-state index in [1.807, 2.05) is 0 Å². The molecule has 0 aliphatic carbocycles. The molecule has 0 aromatic carbocycles. The van der Waals surface area contributed by atoms with Crippen LogP contribution in [0.15, 0.2) is 0 Å². The van der Waals surface area contributed by atoms with Gasteiger partial charge in [-0.15, -0.1) is 0 Å². The van der Waals surface area contributed by atoms with E-state index in [1.165, 1.54) is 0 Å². The van der Waals surface area contributed by atoms with Crippen LogP contribution in [0.4, 0.5) is 0 Å². The molecular formula is H11KN2O4P2. The van der Waals surface area contributed by atoms with E-state index in [2.05, 4.69) is 0 Å². The Hall–Kier alpha value is 2.10. The van der Waals surface area contributed by atoms with Crippen molar-refractivity contribution in [2.24, 2.45) is 0 Å². The fraction of sp³-hybridized carbons (Fsp3) is 0. The third-order valence-electron chi connectivity index (χ3n) is 0. The summed E-state index contributed by atoms with van der Waals surface area (Å²) in [7, 11) is -4.89. The SMILES string of the molecule is N.N.O=P([O-])(O)O.P.[K+]. The van der Waals surface area contributed by atoms with Crippen molar-refractivity contribution in [3.63, 3.8) is 0 Å². The Morgan fingerprint density at radius 1 is 1.22 bits per heavy atom. The molecule has 8 N–H and O–H groups in total. The van der Waals surface area contributed by atoms with E-state index in [1.54, 1.807) is 0 Å². The molecule has 0 saturated heterocycles. The first-order chi connectivity index (χ1) is 2.00. The van der Waals surface area contributed by atoms with Crippen LogP contribution in [0.2, 0.25) is 0 Å². The van der Waals surface area contributed by atoms with Crippen LogP contribution < -0.4 is 68.6 Å². The summed E-state index contributed by atoms with van der Waals surface area (Å²) >= 11 is 0. The smallest absolute Gasteiger partial charge is 0.756 e. The standard InChI is InChI=1S/K.2H3N.H3O4P.H3P/c;;;1-5(2,3)4;/h;2*1H3;(H3,1,2,3,4);1H3/q+1;;;;/p-1. The zero-order chi connectivity index (χ0) is 4.50. The van der Waals surface area contributed by atoms with E-state index in [9.17, 15) is 0 Å². The molecule has 0 aromatic heterocycles. The van der Waals surface area contributed by atoms with Crippen LogP contribution in [0.1, 0.15) is 0 Å². The van der Waals surface area contributed by atoms with Gasteiger partial charge < -0.3 is 27.0 Å². The van der Waals surface area contributed by atoms with Crippen molar-refractivity contribution in [1.29, 1.82) is 0 Å². The fourth-order valence-corrected chi connectivity index (χ4v) is 0. The molecule has 0 aliphatic heterocycles. The van der Waals surface area contributed by atoms with E-state index in [0.717, 1.165) is 0 Å². The molecule has 0 heterocycles. The quantitative estimate of drug-likeness (QED) is 0.232. The van der Waals surface area contributed by atoms with Crippen molar-refractivity contribution in [2.75, 3.05) is 0 Å². The number of phosphoric acid groups is 1. The summed E-state index contributed by atoms with van der Waals surface area (Å²) in [5, 5.41) is 0. The van der Waals surface area contributed by atoms with Gasteiger partial charge in [-0.2, -0.15) is 9.90 Å². The Morgan fingerprint density at radius 3 is 1.22 bits per heavy atom. The Kier molecular flexibility index (Phi) is 43.1. The van der Waals surface area contributed by atoms with Crippen molar-refractivity contribution < 1.29 is 70.6 Å². The Morgan fingerprint density at radius 2 is 1.22 bits per heavy atom. The average molecular weight is 204 g/mol. The summed E-state index contributed by atoms with van der Waals surface area (Å²) in [6.45, 7) is 0. The van der Waals surface area contributed by atoms with Gasteiger partial charge in [0.1, 0.15) is 0 Å². The van der Waals surface area contributed by atoms with Gasteiger partial charge in [0.15, 0.2) is 0 Å². The van der Waals surface area contributed by atoms with Crippen molar-refractivity contribution in [3.8, 4) is 0 Å².